The summed E-state index contributed by atoms with van der Waals surface area (Å²) in [4.78, 5) is 36.0. The van der Waals surface area contributed by atoms with Gasteiger partial charge in [0.25, 0.3) is 11.8 Å². The molecule has 2 amide bonds. The number of fused-ring (bicyclic) bond motifs is 1. The van der Waals surface area contributed by atoms with Crippen LogP contribution in [-0.4, -0.2) is 31.3 Å². The van der Waals surface area contributed by atoms with Gasteiger partial charge in [-0.25, -0.2) is 0 Å². The number of nitrogens with one attached hydrogen (secondary N) is 2. The zero-order chi connectivity index (χ0) is 19.6. The van der Waals surface area contributed by atoms with Crippen LogP contribution >= 0.6 is 0 Å². The molecule has 6 heteroatoms. The van der Waals surface area contributed by atoms with Crippen LogP contribution in [0.4, 0.5) is 5.69 Å². The van der Waals surface area contributed by atoms with E-state index in [1.54, 1.807) is 37.4 Å². The summed E-state index contributed by atoms with van der Waals surface area (Å²) >= 11 is 0. The zero-order valence-corrected chi connectivity index (χ0v) is 15.6. The minimum Gasteiger partial charge on any atom is -0.483 e. The van der Waals surface area contributed by atoms with Crippen molar-refractivity contribution in [3.05, 3.63) is 58.7 Å². The summed E-state index contributed by atoms with van der Waals surface area (Å²) in [5.41, 5.74) is 3.76. The van der Waals surface area contributed by atoms with E-state index in [1.807, 2.05) is 19.9 Å². The number of hydrogen-bond donors (Lipinski definition) is 2. The van der Waals surface area contributed by atoms with E-state index in [2.05, 4.69) is 10.6 Å². The number of aryl methyl sites for hydroxylation is 1. The molecule has 0 saturated carbocycles. The number of rotatable bonds is 5. The molecule has 140 valence electrons. The van der Waals surface area contributed by atoms with E-state index in [0.717, 1.165) is 11.1 Å². The summed E-state index contributed by atoms with van der Waals surface area (Å²) in [7, 11) is 1.56. The van der Waals surface area contributed by atoms with Gasteiger partial charge in [-0.05, 0) is 54.3 Å². The standard InChI is InChI=1S/C21H22N2O4/c1-12-4-9-17(20-16(24)10-13(2)19(12)20)27-11-18(25)23-15-7-5-14(6-8-15)21(26)22-3/h4-9,13H,10-11H2,1-3H3,(H,22,26)(H,23,25)/t13-/m0/s1. The molecule has 0 spiro atoms. The molecular formula is C21H22N2O4. The molecule has 2 N–H and O–H groups in total. The summed E-state index contributed by atoms with van der Waals surface area (Å²) in [6.07, 6.45) is 0.473. The Morgan fingerprint density at radius 3 is 2.52 bits per heavy atom. The van der Waals surface area contributed by atoms with E-state index in [0.29, 0.717) is 29.0 Å². The van der Waals surface area contributed by atoms with Gasteiger partial charge in [-0.1, -0.05) is 13.0 Å². The number of amides is 2. The van der Waals surface area contributed by atoms with Crippen LogP contribution < -0.4 is 15.4 Å². The number of anilines is 1. The van der Waals surface area contributed by atoms with Crippen LogP contribution in [0.3, 0.4) is 0 Å². The van der Waals surface area contributed by atoms with Crippen LogP contribution in [0.2, 0.25) is 0 Å². The molecule has 0 radical (unpaired) electrons. The van der Waals surface area contributed by atoms with Crippen molar-refractivity contribution in [3.63, 3.8) is 0 Å². The first kappa shape index (κ1) is 18.6. The summed E-state index contributed by atoms with van der Waals surface area (Å²) < 4.78 is 5.64. The summed E-state index contributed by atoms with van der Waals surface area (Å²) in [6.45, 7) is 3.80. The molecule has 0 unspecified atom stereocenters. The van der Waals surface area contributed by atoms with Gasteiger partial charge in [0.1, 0.15) is 5.75 Å². The van der Waals surface area contributed by atoms with Gasteiger partial charge in [-0.3, -0.25) is 14.4 Å². The van der Waals surface area contributed by atoms with Crippen molar-refractivity contribution in [1.82, 2.24) is 5.32 Å². The van der Waals surface area contributed by atoms with Gasteiger partial charge in [0.15, 0.2) is 12.4 Å². The second-order valence-electron chi connectivity index (χ2n) is 6.69. The number of ether oxygens (including phenoxy) is 1. The molecule has 27 heavy (non-hydrogen) atoms. The molecule has 1 aliphatic rings. The maximum Gasteiger partial charge on any atom is 0.262 e. The maximum atomic E-state index is 12.3. The molecule has 0 heterocycles. The van der Waals surface area contributed by atoms with Crippen molar-refractivity contribution >= 4 is 23.3 Å². The van der Waals surface area contributed by atoms with Crippen LogP contribution in [0.25, 0.3) is 0 Å². The maximum absolute atomic E-state index is 12.3. The fraction of sp³-hybridized carbons (Fsp3) is 0.286. The fourth-order valence-electron chi connectivity index (χ4n) is 3.42. The van der Waals surface area contributed by atoms with E-state index >= 15 is 0 Å². The predicted octanol–water partition coefficient (Wildman–Crippen LogP) is 3.06. The van der Waals surface area contributed by atoms with Crippen molar-refractivity contribution in [2.75, 3.05) is 19.0 Å². The number of carbonyl (C=O) groups excluding carboxylic acids is 3. The van der Waals surface area contributed by atoms with Gasteiger partial charge in [0.05, 0.1) is 5.56 Å². The SMILES string of the molecule is CNC(=O)c1ccc(NC(=O)COc2ccc(C)c3c2C(=O)C[C@@H]3C)cc1. The van der Waals surface area contributed by atoms with Gasteiger partial charge in [0, 0.05) is 24.7 Å². The third-order valence-corrected chi connectivity index (χ3v) is 4.71. The third-order valence-electron chi connectivity index (χ3n) is 4.71. The van der Waals surface area contributed by atoms with E-state index < -0.39 is 0 Å². The molecule has 0 saturated heterocycles. The molecule has 3 rings (SSSR count). The molecule has 2 aromatic carbocycles. The molecular weight excluding hydrogens is 344 g/mol. The highest BCUT2D eigenvalue weighted by molar-refractivity contribution is 6.04. The summed E-state index contributed by atoms with van der Waals surface area (Å²) in [6, 6.07) is 10.2. The number of carbonyl (C=O) groups is 3. The van der Waals surface area contributed by atoms with Crippen LogP contribution in [0, 0.1) is 6.92 Å². The van der Waals surface area contributed by atoms with E-state index in [4.69, 9.17) is 4.74 Å². The number of ketones is 1. The average Bonchev–Trinajstić information content (AvgIpc) is 2.96. The Bertz CT molecular complexity index is 903. The van der Waals surface area contributed by atoms with E-state index in [-0.39, 0.29) is 30.1 Å². The second kappa shape index (κ2) is 7.61. The highest BCUT2D eigenvalue weighted by Crippen LogP contribution is 2.40. The topological polar surface area (TPSA) is 84.5 Å². The normalized spacial score (nSPS) is 15.2. The molecule has 0 bridgehead atoms. The minimum absolute atomic E-state index is 0.0568. The molecule has 2 aromatic rings. The first-order chi connectivity index (χ1) is 12.9. The highest BCUT2D eigenvalue weighted by atomic mass is 16.5. The van der Waals surface area contributed by atoms with Crippen molar-refractivity contribution in [2.24, 2.45) is 0 Å². The van der Waals surface area contributed by atoms with Crippen LogP contribution in [-0.2, 0) is 4.79 Å². The van der Waals surface area contributed by atoms with Crippen molar-refractivity contribution in [2.45, 2.75) is 26.2 Å². The lowest BCUT2D eigenvalue weighted by Crippen LogP contribution is -2.21. The third kappa shape index (κ3) is 3.84. The molecule has 0 aromatic heterocycles. The lowest BCUT2D eigenvalue weighted by atomic mass is 9.97. The van der Waals surface area contributed by atoms with Gasteiger partial charge in [-0.2, -0.15) is 0 Å². The zero-order valence-electron chi connectivity index (χ0n) is 15.6. The van der Waals surface area contributed by atoms with Gasteiger partial charge >= 0.3 is 0 Å². The first-order valence-corrected chi connectivity index (χ1v) is 8.82. The Balaban J connectivity index is 1.65. The van der Waals surface area contributed by atoms with Crippen molar-refractivity contribution < 1.29 is 19.1 Å². The van der Waals surface area contributed by atoms with Crippen molar-refractivity contribution in [3.8, 4) is 5.75 Å². The van der Waals surface area contributed by atoms with E-state index in [9.17, 15) is 14.4 Å². The Labute approximate surface area is 157 Å². The highest BCUT2D eigenvalue weighted by Gasteiger charge is 2.31. The van der Waals surface area contributed by atoms with Crippen molar-refractivity contribution in [1.29, 1.82) is 0 Å². The van der Waals surface area contributed by atoms with Gasteiger partial charge in [0.2, 0.25) is 0 Å². The predicted molar refractivity (Wildman–Crippen MR) is 102 cm³/mol. The molecule has 6 nitrogen and oxygen atoms in total. The average molecular weight is 366 g/mol. The number of hydrogen-bond acceptors (Lipinski definition) is 4. The lowest BCUT2D eigenvalue weighted by molar-refractivity contribution is -0.118. The molecule has 0 aliphatic heterocycles. The number of Topliss-reactive ketones (excluding diaryl/α,β-unsaturated/α-hetero) is 1. The second-order valence-corrected chi connectivity index (χ2v) is 6.69. The Hall–Kier alpha value is -3.15. The van der Waals surface area contributed by atoms with Crippen LogP contribution in [0.5, 0.6) is 5.75 Å². The molecule has 1 atom stereocenters. The van der Waals surface area contributed by atoms with Crippen LogP contribution in [0.15, 0.2) is 36.4 Å². The Morgan fingerprint density at radius 1 is 1.15 bits per heavy atom. The minimum atomic E-state index is -0.337. The lowest BCUT2D eigenvalue weighted by Gasteiger charge is -2.13. The smallest absolute Gasteiger partial charge is 0.262 e. The van der Waals surface area contributed by atoms with Gasteiger partial charge < -0.3 is 15.4 Å². The Kier molecular flexibility index (Phi) is 5.26. The van der Waals surface area contributed by atoms with Gasteiger partial charge in [-0.15, -0.1) is 0 Å². The summed E-state index contributed by atoms with van der Waals surface area (Å²) in [5, 5.41) is 5.25. The monoisotopic (exact) mass is 366 g/mol. The van der Waals surface area contributed by atoms with Crippen LogP contribution in [0.1, 0.15) is 51.1 Å². The first-order valence-electron chi connectivity index (χ1n) is 8.82. The summed E-state index contributed by atoms with van der Waals surface area (Å²) in [5.74, 6) is 0.152. The molecule has 1 aliphatic carbocycles. The quantitative estimate of drug-likeness (QED) is 0.852. The Morgan fingerprint density at radius 2 is 1.85 bits per heavy atom. The fourth-order valence-corrected chi connectivity index (χ4v) is 3.42. The largest absolute Gasteiger partial charge is 0.483 e. The van der Waals surface area contributed by atoms with E-state index in [1.165, 1.54) is 0 Å². The molecule has 0 fully saturated rings. The number of benzene rings is 2.